The molecule has 1 fully saturated rings. The Kier molecular flexibility index (Phi) is 3.36. The molecule has 2 aliphatic rings. The third kappa shape index (κ3) is 2.14. The van der Waals surface area contributed by atoms with Gasteiger partial charge in [0.25, 0.3) is 5.91 Å². The number of benzene rings is 1. The van der Waals surface area contributed by atoms with Crippen molar-refractivity contribution in [1.29, 1.82) is 0 Å². The molecule has 1 spiro atoms. The number of carbonyl (C=O) groups is 2. The van der Waals surface area contributed by atoms with Gasteiger partial charge in [0.1, 0.15) is 11.7 Å². The van der Waals surface area contributed by atoms with Crippen LogP contribution >= 0.6 is 0 Å². The standard InChI is InChI=1S/C20H16N4O3/c25-18(16-11-27-12-22-16)24-9-7-20(17(24)13-4-3-8-21-10-13)14-5-1-2-6-15(14)23-19(20)26/h1-6,8,10-12,17H,7,9H2,(H,23,26). The highest BCUT2D eigenvalue weighted by molar-refractivity contribution is 6.08. The maximum Gasteiger partial charge on any atom is 0.276 e. The van der Waals surface area contributed by atoms with Crippen molar-refractivity contribution >= 4 is 17.5 Å². The van der Waals surface area contributed by atoms with Gasteiger partial charge in [0.05, 0.1) is 6.04 Å². The van der Waals surface area contributed by atoms with E-state index in [4.69, 9.17) is 4.42 Å². The summed E-state index contributed by atoms with van der Waals surface area (Å²) >= 11 is 0. The van der Waals surface area contributed by atoms with Gasteiger partial charge < -0.3 is 14.6 Å². The molecule has 4 heterocycles. The number of likely N-dealkylation sites (tertiary alicyclic amines) is 1. The van der Waals surface area contributed by atoms with Crippen molar-refractivity contribution in [1.82, 2.24) is 14.9 Å². The molecule has 2 atom stereocenters. The highest BCUT2D eigenvalue weighted by Crippen LogP contribution is 2.54. The van der Waals surface area contributed by atoms with E-state index in [2.05, 4.69) is 15.3 Å². The summed E-state index contributed by atoms with van der Waals surface area (Å²) in [5.74, 6) is -0.348. The first-order chi connectivity index (χ1) is 13.2. The van der Waals surface area contributed by atoms with Gasteiger partial charge in [0, 0.05) is 24.6 Å². The van der Waals surface area contributed by atoms with Crippen molar-refractivity contribution < 1.29 is 14.0 Å². The lowest BCUT2D eigenvalue weighted by molar-refractivity contribution is -0.121. The number of oxazole rings is 1. The zero-order valence-corrected chi connectivity index (χ0v) is 14.3. The molecule has 27 heavy (non-hydrogen) atoms. The number of nitrogens with one attached hydrogen (secondary N) is 1. The van der Waals surface area contributed by atoms with Crippen LogP contribution in [0.3, 0.4) is 0 Å². The number of hydrogen-bond acceptors (Lipinski definition) is 5. The lowest BCUT2D eigenvalue weighted by Gasteiger charge is -2.33. The second-order valence-corrected chi connectivity index (χ2v) is 6.78. The summed E-state index contributed by atoms with van der Waals surface area (Å²) in [5, 5.41) is 2.99. The number of rotatable bonds is 2. The summed E-state index contributed by atoms with van der Waals surface area (Å²) in [7, 11) is 0. The molecule has 3 aromatic rings. The van der Waals surface area contributed by atoms with Gasteiger partial charge in [-0.3, -0.25) is 14.6 Å². The number of pyridine rings is 1. The maximum absolute atomic E-state index is 13.2. The van der Waals surface area contributed by atoms with Crippen LogP contribution in [0.2, 0.25) is 0 Å². The zero-order valence-electron chi connectivity index (χ0n) is 14.3. The number of fused-ring (bicyclic) bond motifs is 2. The third-order valence-corrected chi connectivity index (χ3v) is 5.50. The molecule has 1 N–H and O–H groups in total. The second-order valence-electron chi connectivity index (χ2n) is 6.78. The van der Waals surface area contributed by atoms with Gasteiger partial charge >= 0.3 is 0 Å². The van der Waals surface area contributed by atoms with E-state index >= 15 is 0 Å². The molecule has 134 valence electrons. The number of amides is 2. The van der Waals surface area contributed by atoms with E-state index in [0.29, 0.717) is 13.0 Å². The molecule has 2 aromatic heterocycles. The summed E-state index contributed by atoms with van der Waals surface area (Å²) in [6.07, 6.45) is 6.48. The summed E-state index contributed by atoms with van der Waals surface area (Å²) in [6.45, 7) is 0.438. The van der Waals surface area contributed by atoms with Crippen molar-refractivity contribution in [2.45, 2.75) is 17.9 Å². The Labute approximate surface area is 155 Å². The van der Waals surface area contributed by atoms with Gasteiger partial charge in [-0.1, -0.05) is 24.3 Å². The third-order valence-electron chi connectivity index (χ3n) is 5.50. The van der Waals surface area contributed by atoms with Gasteiger partial charge in [-0.2, -0.15) is 0 Å². The Hall–Kier alpha value is -3.48. The number of carbonyl (C=O) groups excluding carboxylic acids is 2. The molecule has 7 heteroatoms. The monoisotopic (exact) mass is 360 g/mol. The summed E-state index contributed by atoms with van der Waals surface area (Å²) in [5.41, 5.74) is 1.91. The summed E-state index contributed by atoms with van der Waals surface area (Å²) in [6, 6.07) is 10.9. The minimum atomic E-state index is -0.848. The van der Waals surface area contributed by atoms with Crippen molar-refractivity contribution in [3.63, 3.8) is 0 Å². The van der Waals surface area contributed by atoms with Crippen LogP contribution in [0.15, 0.2) is 65.9 Å². The lowest BCUT2D eigenvalue weighted by Crippen LogP contribution is -2.42. The fourth-order valence-electron chi connectivity index (χ4n) is 4.37. The first-order valence-corrected chi connectivity index (χ1v) is 8.72. The average Bonchev–Trinajstić information content (AvgIpc) is 3.42. The number of para-hydroxylation sites is 1. The maximum atomic E-state index is 13.2. The molecule has 7 nitrogen and oxygen atoms in total. The van der Waals surface area contributed by atoms with Crippen molar-refractivity contribution in [2.75, 3.05) is 11.9 Å². The lowest BCUT2D eigenvalue weighted by atomic mass is 9.73. The molecule has 5 rings (SSSR count). The van der Waals surface area contributed by atoms with E-state index in [1.807, 2.05) is 36.4 Å². The van der Waals surface area contributed by atoms with Gasteiger partial charge in [0.2, 0.25) is 5.91 Å². The van der Waals surface area contributed by atoms with Crippen molar-refractivity contribution in [2.24, 2.45) is 0 Å². The van der Waals surface area contributed by atoms with Gasteiger partial charge in [-0.25, -0.2) is 4.98 Å². The van der Waals surface area contributed by atoms with Crippen LogP contribution in [0.1, 0.15) is 34.1 Å². The first-order valence-electron chi connectivity index (χ1n) is 8.72. The number of anilines is 1. The zero-order chi connectivity index (χ0) is 18.4. The predicted molar refractivity (Wildman–Crippen MR) is 95.9 cm³/mol. The Bertz CT molecular complexity index is 1020. The van der Waals surface area contributed by atoms with Gasteiger partial charge in [-0.15, -0.1) is 0 Å². The van der Waals surface area contributed by atoms with Crippen LogP contribution in [0.4, 0.5) is 5.69 Å². The van der Waals surface area contributed by atoms with E-state index in [9.17, 15) is 9.59 Å². The van der Waals surface area contributed by atoms with Crippen LogP contribution in [0.25, 0.3) is 0 Å². The van der Waals surface area contributed by atoms with Gasteiger partial charge in [0.15, 0.2) is 12.1 Å². The predicted octanol–water partition coefficient (Wildman–Crippen LogP) is 2.55. The molecular formula is C20H16N4O3. The normalized spacial score (nSPS) is 23.5. The van der Waals surface area contributed by atoms with E-state index < -0.39 is 11.5 Å². The topological polar surface area (TPSA) is 88.3 Å². The molecule has 0 radical (unpaired) electrons. The van der Waals surface area contributed by atoms with Crippen LogP contribution in [-0.4, -0.2) is 33.2 Å². The highest BCUT2D eigenvalue weighted by atomic mass is 16.3. The van der Waals surface area contributed by atoms with Crippen LogP contribution in [0, 0.1) is 0 Å². The Morgan fingerprint density at radius 1 is 1.26 bits per heavy atom. The second kappa shape index (κ2) is 5.77. The SMILES string of the molecule is O=C(c1cocn1)N1CCC2(C(=O)Nc3ccccc32)C1c1cccnc1. The molecule has 0 saturated carbocycles. The minimum absolute atomic E-state index is 0.0898. The van der Waals surface area contributed by atoms with E-state index in [1.165, 1.54) is 12.7 Å². The Morgan fingerprint density at radius 3 is 2.93 bits per heavy atom. The van der Waals surface area contributed by atoms with Crippen molar-refractivity contribution in [3.8, 4) is 0 Å². The molecule has 0 bridgehead atoms. The first kappa shape index (κ1) is 15.7. The fraction of sp³-hybridized carbons (Fsp3) is 0.200. The highest BCUT2D eigenvalue weighted by Gasteiger charge is 2.59. The molecule has 0 aliphatic carbocycles. The Morgan fingerprint density at radius 2 is 2.15 bits per heavy atom. The molecular weight excluding hydrogens is 344 g/mol. The van der Waals surface area contributed by atoms with E-state index in [-0.39, 0.29) is 17.5 Å². The average molecular weight is 360 g/mol. The smallest absolute Gasteiger partial charge is 0.276 e. The fourth-order valence-corrected chi connectivity index (χ4v) is 4.37. The molecule has 2 amide bonds. The van der Waals surface area contributed by atoms with Crippen molar-refractivity contribution in [3.05, 3.63) is 78.3 Å². The minimum Gasteiger partial charge on any atom is -0.451 e. The van der Waals surface area contributed by atoms with Crippen LogP contribution in [-0.2, 0) is 10.2 Å². The largest absolute Gasteiger partial charge is 0.451 e. The van der Waals surface area contributed by atoms with E-state index in [0.717, 1.165) is 16.8 Å². The van der Waals surface area contributed by atoms with E-state index in [1.54, 1.807) is 17.3 Å². The number of aromatic nitrogens is 2. The summed E-state index contributed by atoms with van der Waals surface area (Å²) in [4.78, 5) is 36.2. The molecule has 2 unspecified atom stereocenters. The quantitative estimate of drug-likeness (QED) is 0.759. The molecule has 1 saturated heterocycles. The number of hydrogen-bond donors (Lipinski definition) is 1. The van der Waals surface area contributed by atoms with Gasteiger partial charge in [-0.05, 0) is 29.7 Å². The molecule has 2 aliphatic heterocycles. The van der Waals surface area contributed by atoms with Crippen LogP contribution in [0.5, 0.6) is 0 Å². The number of nitrogens with zero attached hydrogens (tertiary/aromatic N) is 3. The van der Waals surface area contributed by atoms with Crippen LogP contribution < -0.4 is 5.32 Å². The molecule has 1 aromatic carbocycles. The summed E-state index contributed by atoms with van der Waals surface area (Å²) < 4.78 is 4.98. The Balaban J connectivity index is 1.69.